The van der Waals surface area contributed by atoms with Crippen LogP contribution in [0, 0.1) is 18.1 Å². The molecule has 79 valence electrons. The van der Waals surface area contributed by atoms with Gasteiger partial charge < -0.3 is 10.1 Å². The first-order valence-corrected chi connectivity index (χ1v) is 4.60. The van der Waals surface area contributed by atoms with E-state index in [1.165, 1.54) is 6.07 Å². The van der Waals surface area contributed by atoms with Crippen LogP contribution in [0.4, 0.5) is 8.78 Å². The van der Waals surface area contributed by atoms with E-state index >= 15 is 0 Å². The van der Waals surface area contributed by atoms with E-state index in [4.69, 9.17) is 5.11 Å². The molecule has 1 radical (unpaired) electrons. The van der Waals surface area contributed by atoms with E-state index in [2.05, 4.69) is 4.98 Å². The molecule has 0 fully saturated rings. The van der Waals surface area contributed by atoms with Gasteiger partial charge in [-0.3, -0.25) is 0 Å². The van der Waals surface area contributed by atoms with Gasteiger partial charge in [-0.1, -0.05) is 0 Å². The average molecular weight is 210 g/mol. The van der Waals surface area contributed by atoms with E-state index in [0.29, 0.717) is 17.3 Å². The van der Waals surface area contributed by atoms with Gasteiger partial charge in [-0.15, -0.1) is 0 Å². The van der Waals surface area contributed by atoms with Crippen molar-refractivity contribution in [1.82, 2.24) is 4.98 Å². The summed E-state index contributed by atoms with van der Waals surface area (Å²) in [6, 6.07) is 2.13. The average Bonchev–Trinajstić information content (AvgIpc) is 2.58. The van der Waals surface area contributed by atoms with Crippen molar-refractivity contribution in [1.29, 1.82) is 0 Å². The fraction of sp³-hybridized carbons (Fsp3) is 0.182. The Morgan fingerprint density at radius 2 is 2.13 bits per heavy atom. The second kappa shape index (κ2) is 3.98. The number of aromatic nitrogens is 1. The van der Waals surface area contributed by atoms with Crippen molar-refractivity contribution in [2.45, 2.75) is 6.42 Å². The number of aliphatic hydroxyl groups is 1. The van der Waals surface area contributed by atoms with Gasteiger partial charge in [-0.05, 0) is 24.5 Å². The summed E-state index contributed by atoms with van der Waals surface area (Å²) in [5.41, 5.74) is 1.08. The number of hydrogen-bond donors (Lipinski definition) is 2. The summed E-state index contributed by atoms with van der Waals surface area (Å²) < 4.78 is 26.2. The van der Waals surface area contributed by atoms with Gasteiger partial charge in [0.05, 0.1) is 5.52 Å². The highest BCUT2D eigenvalue weighted by atomic mass is 19.1. The lowest BCUT2D eigenvalue weighted by Crippen LogP contribution is -1.89. The third-order valence-corrected chi connectivity index (χ3v) is 2.29. The van der Waals surface area contributed by atoms with Gasteiger partial charge in [0.1, 0.15) is 11.6 Å². The van der Waals surface area contributed by atoms with E-state index in [-0.39, 0.29) is 6.61 Å². The normalized spacial score (nSPS) is 11.1. The van der Waals surface area contributed by atoms with Crippen LogP contribution in [-0.4, -0.2) is 16.7 Å². The molecule has 0 aliphatic carbocycles. The number of fused-ring (bicyclic) bond motifs is 1. The quantitative estimate of drug-likeness (QED) is 0.800. The van der Waals surface area contributed by atoms with Crippen LogP contribution in [-0.2, 0) is 6.42 Å². The lowest BCUT2D eigenvalue weighted by atomic mass is 10.1. The Bertz CT molecular complexity index is 479. The SMILES string of the molecule is OC[CH]Cc1c[nH]c2c(F)cc(F)cc12. The summed E-state index contributed by atoms with van der Waals surface area (Å²) in [6.45, 7) is -0.0511. The second-order valence-corrected chi connectivity index (χ2v) is 3.30. The van der Waals surface area contributed by atoms with Crippen LogP contribution in [0.1, 0.15) is 5.56 Å². The largest absolute Gasteiger partial charge is 0.396 e. The number of aliphatic hydroxyl groups excluding tert-OH is 1. The molecule has 1 aromatic carbocycles. The van der Waals surface area contributed by atoms with Gasteiger partial charge >= 0.3 is 0 Å². The maximum atomic E-state index is 13.3. The molecule has 2 rings (SSSR count). The standard InChI is InChI=1S/C11H10F2NO/c12-8-4-9-7(2-1-3-15)6-14-11(9)10(13)5-8/h1,4-6,14-15H,2-3H2. The van der Waals surface area contributed by atoms with Crippen LogP contribution in [0.5, 0.6) is 0 Å². The first kappa shape index (κ1) is 10.1. The summed E-state index contributed by atoms with van der Waals surface area (Å²) >= 11 is 0. The van der Waals surface area contributed by atoms with Gasteiger partial charge in [0.25, 0.3) is 0 Å². The minimum Gasteiger partial charge on any atom is -0.396 e. The lowest BCUT2D eigenvalue weighted by molar-refractivity contribution is 0.325. The molecule has 1 aromatic heterocycles. The highest BCUT2D eigenvalue weighted by Gasteiger charge is 2.09. The minimum atomic E-state index is -0.597. The molecule has 0 unspecified atom stereocenters. The second-order valence-electron chi connectivity index (χ2n) is 3.30. The van der Waals surface area contributed by atoms with Crippen molar-refractivity contribution in [2.75, 3.05) is 6.61 Å². The fourth-order valence-electron chi connectivity index (χ4n) is 1.60. The van der Waals surface area contributed by atoms with E-state index in [1.807, 2.05) is 0 Å². The smallest absolute Gasteiger partial charge is 0.150 e. The maximum absolute atomic E-state index is 13.3. The van der Waals surface area contributed by atoms with Gasteiger partial charge in [0, 0.05) is 24.3 Å². The van der Waals surface area contributed by atoms with Crippen LogP contribution >= 0.6 is 0 Å². The number of hydrogen-bond acceptors (Lipinski definition) is 1. The Morgan fingerprint density at radius 1 is 1.33 bits per heavy atom. The monoisotopic (exact) mass is 210 g/mol. The zero-order valence-electron chi connectivity index (χ0n) is 7.93. The number of rotatable bonds is 3. The predicted molar refractivity (Wildman–Crippen MR) is 53.3 cm³/mol. The molecule has 0 saturated heterocycles. The third-order valence-electron chi connectivity index (χ3n) is 2.29. The van der Waals surface area contributed by atoms with Crippen molar-refractivity contribution >= 4 is 10.9 Å². The molecular weight excluding hydrogens is 200 g/mol. The Balaban J connectivity index is 2.49. The predicted octanol–water partition coefficient (Wildman–Crippen LogP) is 2.19. The topological polar surface area (TPSA) is 36.0 Å². The van der Waals surface area contributed by atoms with Crippen molar-refractivity contribution in [3.8, 4) is 0 Å². The third kappa shape index (κ3) is 1.85. The number of nitrogens with one attached hydrogen (secondary N) is 1. The first-order chi connectivity index (χ1) is 7.22. The molecule has 1 heterocycles. The Morgan fingerprint density at radius 3 is 2.87 bits per heavy atom. The summed E-state index contributed by atoms with van der Waals surface area (Å²) in [5.74, 6) is -1.19. The molecule has 0 aliphatic heterocycles. The Hall–Kier alpha value is -1.42. The maximum Gasteiger partial charge on any atom is 0.150 e. The minimum absolute atomic E-state index is 0.0511. The van der Waals surface area contributed by atoms with Gasteiger partial charge in [-0.25, -0.2) is 8.78 Å². The van der Waals surface area contributed by atoms with Gasteiger partial charge in [-0.2, -0.15) is 0 Å². The molecule has 2 aromatic rings. The molecule has 4 heteroatoms. The summed E-state index contributed by atoms with van der Waals surface area (Å²) in [7, 11) is 0. The fourth-order valence-corrected chi connectivity index (χ4v) is 1.60. The molecule has 2 N–H and O–H groups in total. The molecular formula is C11H10F2NO. The molecule has 0 saturated carbocycles. The Labute approximate surface area is 85.5 Å². The summed E-state index contributed by atoms with van der Waals surface area (Å²) in [5, 5.41) is 9.16. The Kier molecular flexibility index (Phi) is 2.68. The molecule has 0 amide bonds. The zero-order valence-corrected chi connectivity index (χ0v) is 7.93. The van der Waals surface area contributed by atoms with Crippen molar-refractivity contribution in [2.24, 2.45) is 0 Å². The van der Waals surface area contributed by atoms with Crippen molar-refractivity contribution < 1.29 is 13.9 Å². The van der Waals surface area contributed by atoms with E-state index < -0.39 is 11.6 Å². The molecule has 15 heavy (non-hydrogen) atoms. The van der Waals surface area contributed by atoms with Gasteiger partial charge in [0.15, 0.2) is 0 Å². The van der Waals surface area contributed by atoms with Crippen LogP contribution in [0.3, 0.4) is 0 Å². The molecule has 0 bridgehead atoms. The van der Waals surface area contributed by atoms with Crippen molar-refractivity contribution in [3.63, 3.8) is 0 Å². The zero-order chi connectivity index (χ0) is 10.8. The number of halogens is 2. The number of benzene rings is 1. The van der Waals surface area contributed by atoms with Crippen LogP contribution in [0.25, 0.3) is 10.9 Å². The van der Waals surface area contributed by atoms with E-state index in [1.54, 1.807) is 12.6 Å². The van der Waals surface area contributed by atoms with Crippen LogP contribution in [0.15, 0.2) is 18.3 Å². The number of aromatic amines is 1. The van der Waals surface area contributed by atoms with Gasteiger partial charge in [0.2, 0.25) is 0 Å². The first-order valence-electron chi connectivity index (χ1n) is 4.60. The van der Waals surface area contributed by atoms with Crippen molar-refractivity contribution in [3.05, 3.63) is 41.9 Å². The van der Waals surface area contributed by atoms with E-state index in [9.17, 15) is 8.78 Å². The molecule has 0 spiro atoms. The number of H-pyrrole nitrogens is 1. The molecule has 2 nitrogen and oxygen atoms in total. The lowest BCUT2D eigenvalue weighted by Gasteiger charge is -1.98. The highest BCUT2D eigenvalue weighted by molar-refractivity contribution is 5.83. The van der Waals surface area contributed by atoms with E-state index in [0.717, 1.165) is 11.6 Å². The molecule has 0 aliphatic rings. The summed E-state index contributed by atoms with van der Waals surface area (Å²) in [6.07, 6.45) is 3.74. The van der Waals surface area contributed by atoms with Crippen LogP contribution in [0.2, 0.25) is 0 Å². The molecule has 0 atom stereocenters. The summed E-state index contributed by atoms with van der Waals surface area (Å²) in [4.78, 5) is 2.75. The van der Waals surface area contributed by atoms with Crippen LogP contribution < -0.4 is 0 Å². The highest BCUT2D eigenvalue weighted by Crippen LogP contribution is 2.23.